The number of hydrogen-bond donors (Lipinski definition) is 0. The summed E-state index contributed by atoms with van der Waals surface area (Å²) in [5, 5.41) is 2.92. The van der Waals surface area contributed by atoms with E-state index in [1.807, 2.05) is 91.0 Å². The molecule has 5 heteroatoms. The molecule has 26 heavy (non-hydrogen) atoms. The van der Waals surface area contributed by atoms with Crippen molar-refractivity contribution < 1.29 is 13.6 Å². The Balaban J connectivity index is 2.59. The molecule has 0 spiro atoms. The van der Waals surface area contributed by atoms with Crippen molar-refractivity contribution in [3.8, 4) is 0 Å². The monoisotopic (exact) mass is 386 g/mol. The standard InChI is InChI=1S/C21H24O3P2/c1-23-25(22,24-2)26(3,19-13-7-4-8-14-19,20-15-9-5-10-16-20)21-17-11-6-12-18-21/h4-18H,1-3H3. The van der Waals surface area contributed by atoms with Crippen LogP contribution in [-0.4, -0.2) is 20.9 Å². The third-order valence-corrected chi connectivity index (χ3v) is 18.8. The van der Waals surface area contributed by atoms with Gasteiger partial charge in [0.2, 0.25) is 0 Å². The van der Waals surface area contributed by atoms with Crippen LogP contribution in [0.15, 0.2) is 91.0 Å². The van der Waals surface area contributed by atoms with Crippen LogP contribution in [0.3, 0.4) is 0 Å². The average Bonchev–Trinajstić information content (AvgIpc) is 2.74. The van der Waals surface area contributed by atoms with Gasteiger partial charge in [-0.1, -0.05) is 0 Å². The van der Waals surface area contributed by atoms with Crippen molar-refractivity contribution in [1.82, 2.24) is 0 Å². The number of hydrogen-bond acceptors (Lipinski definition) is 3. The van der Waals surface area contributed by atoms with Crippen LogP contribution in [0, 0.1) is 0 Å². The molecule has 3 rings (SSSR count). The van der Waals surface area contributed by atoms with Gasteiger partial charge in [0, 0.05) is 0 Å². The van der Waals surface area contributed by atoms with Gasteiger partial charge in [0.05, 0.1) is 0 Å². The maximum atomic E-state index is 14.3. The second-order valence-corrected chi connectivity index (χ2v) is 17.0. The van der Waals surface area contributed by atoms with Crippen molar-refractivity contribution in [3.05, 3.63) is 91.0 Å². The maximum absolute atomic E-state index is 14.3. The van der Waals surface area contributed by atoms with E-state index in [1.165, 1.54) is 14.2 Å². The van der Waals surface area contributed by atoms with E-state index in [0.717, 1.165) is 15.9 Å². The molecule has 0 aliphatic heterocycles. The SMILES string of the molecule is COP(=O)(OC)P(C)(c1ccccc1)(c1ccccc1)c1ccccc1. The fourth-order valence-corrected chi connectivity index (χ4v) is 15.3. The van der Waals surface area contributed by atoms with Crippen LogP contribution in [0.4, 0.5) is 0 Å². The topological polar surface area (TPSA) is 35.5 Å². The molecule has 0 saturated heterocycles. The second-order valence-electron chi connectivity index (χ2n) is 6.35. The molecular formula is C21H24O3P2. The molecule has 0 heterocycles. The Labute approximate surface area is 155 Å². The van der Waals surface area contributed by atoms with E-state index < -0.39 is 13.6 Å². The number of rotatable bonds is 6. The van der Waals surface area contributed by atoms with Crippen molar-refractivity contribution in [3.63, 3.8) is 0 Å². The summed E-state index contributed by atoms with van der Waals surface area (Å²) in [4.78, 5) is 0. The van der Waals surface area contributed by atoms with E-state index in [4.69, 9.17) is 9.05 Å². The molecule has 0 aliphatic rings. The van der Waals surface area contributed by atoms with Crippen molar-refractivity contribution in [2.75, 3.05) is 20.9 Å². The molecule has 0 saturated carbocycles. The summed E-state index contributed by atoms with van der Waals surface area (Å²) in [6, 6.07) is 29.9. The molecule has 0 N–H and O–H groups in total. The Bertz CT molecular complexity index is 804. The summed E-state index contributed by atoms with van der Waals surface area (Å²) in [6.45, 7) is 2.08. The van der Waals surface area contributed by atoms with E-state index in [1.54, 1.807) is 0 Å². The van der Waals surface area contributed by atoms with Gasteiger partial charge in [-0.25, -0.2) is 0 Å². The Hall–Kier alpha value is -1.76. The normalized spacial score (nSPS) is 13.7. The van der Waals surface area contributed by atoms with Gasteiger partial charge >= 0.3 is 155 Å². The van der Waals surface area contributed by atoms with Crippen LogP contribution >= 0.6 is 13.6 Å². The molecule has 0 unspecified atom stereocenters. The first-order valence-corrected chi connectivity index (χ1v) is 13.3. The Kier molecular flexibility index (Phi) is 5.19. The van der Waals surface area contributed by atoms with E-state index >= 15 is 0 Å². The zero-order valence-corrected chi connectivity index (χ0v) is 17.1. The molecule has 136 valence electrons. The second kappa shape index (κ2) is 7.10. The Morgan fingerprint density at radius 3 is 1.12 bits per heavy atom. The summed E-state index contributed by atoms with van der Waals surface area (Å²) in [5.74, 6) is 0. The number of benzene rings is 3. The van der Waals surface area contributed by atoms with Gasteiger partial charge in [0.1, 0.15) is 0 Å². The van der Waals surface area contributed by atoms with Crippen LogP contribution in [0.5, 0.6) is 0 Å². The molecule has 0 amide bonds. The average molecular weight is 386 g/mol. The van der Waals surface area contributed by atoms with Crippen LogP contribution < -0.4 is 15.9 Å². The summed E-state index contributed by atoms with van der Waals surface area (Å²) in [6.07, 6.45) is -3.59. The van der Waals surface area contributed by atoms with E-state index in [0.29, 0.717) is 0 Å². The molecule has 0 aromatic heterocycles. The van der Waals surface area contributed by atoms with Gasteiger partial charge in [-0.05, 0) is 0 Å². The summed E-state index contributed by atoms with van der Waals surface area (Å²) < 4.78 is 25.7. The van der Waals surface area contributed by atoms with Crippen LogP contribution in [-0.2, 0) is 13.6 Å². The Morgan fingerprint density at radius 2 is 0.885 bits per heavy atom. The fraction of sp³-hybridized carbons (Fsp3) is 0.143. The summed E-state index contributed by atoms with van der Waals surface area (Å²) in [7, 11) is -0.617. The van der Waals surface area contributed by atoms with Gasteiger partial charge in [0.25, 0.3) is 0 Å². The molecule has 0 bridgehead atoms. The molecule has 0 radical (unpaired) electrons. The van der Waals surface area contributed by atoms with E-state index in [9.17, 15) is 4.57 Å². The molecule has 0 atom stereocenters. The quantitative estimate of drug-likeness (QED) is 0.583. The summed E-state index contributed by atoms with van der Waals surface area (Å²) in [5.41, 5.74) is 0. The minimum absolute atomic E-state index is 0.975. The van der Waals surface area contributed by atoms with Gasteiger partial charge in [-0.3, -0.25) is 0 Å². The van der Waals surface area contributed by atoms with Crippen molar-refractivity contribution >= 4 is 29.5 Å². The predicted molar refractivity (Wildman–Crippen MR) is 113 cm³/mol. The molecule has 0 fully saturated rings. The van der Waals surface area contributed by atoms with Crippen molar-refractivity contribution in [1.29, 1.82) is 0 Å². The zero-order chi connectivity index (χ0) is 18.7. The van der Waals surface area contributed by atoms with Gasteiger partial charge in [-0.15, -0.1) is 0 Å². The third kappa shape index (κ3) is 2.43. The van der Waals surface area contributed by atoms with Crippen molar-refractivity contribution in [2.24, 2.45) is 0 Å². The van der Waals surface area contributed by atoms with Crippen LogP contribution in [0.25, 0.3) is 0 Å². The molecule has 3 aromatic rings. The minimum atomic E-state index is -3.59. The molecule has 3 nitrogen and oxygen atoms in total. The molecule has 0 aliphatic carbocycles. The van der Waals surface area contributed by atoms with Gasteiger partial charge in [0.15, 0.2) is 0 Å². The van der Waals surface area contributed by atoms with Gasteiger partial charge < -0.3 is 0 Å². The van der Waals surface area contributed by atoms with Crippen LogP contribution in [0.1, 0.15) is 0 Å². The summed E-state index contributed by atoms with van der Waals surface area (Å²) >= 11 is 0. The van der Waals surface area contributed by atoms with Gasteiger partial charge in [-0.2, -0.15) is 0 Å². The molecule has 3 aromatic carbocycles. The van der Waals surface area contributed by atoms with E-state index in [-0.39, 0.29) is 0 Å². The first kappa shape index (κ1) is 19.0. The van der Waals surface area contributed by atoms with Crippen molar-refractivity contribution in [2.45, 2.75) is 0 Å². The third-order valence-electron chi connectivity index (χ3n) is 5.24. The zero-order valence-electron chi connectivity index (χ0n) is 15.3. The first-order valence-electron chi connectivity index (χ1n) is 8.41. The predicted octanol–water partition coefficient (Wildman–Crippen LogP) is 4.55. The van der Waals surface area contributed by atoms with Crippen LogP contribution in [0.2, 0.25) is 0 Å². The van der Waals surface area contributed by atoms with E-state index in [2.05, 4.69) is 6.66 Å². The molecular weight excluding hydrogens is 362 g/mol. The Morgan fingerprint density at radius 1 is 0.615 bits per heavy atom. The fourth-order valence-electron chi connectivity index (χ4n) is 3.73. The first-order chi connectivity index (χ1) is 12.5.